The summed E-state index contributed by atoms with van der Waals surface area (Å²) < 4.78 is 5.44. The van der Waals surface area contributed by atoms with Crippen molar-refractivity contribution in [3.8, 4) is 5.88 Å². The van der Waals surface area contributed by atoms with Crippen molar-refractivity contribution in [3.63, 3.8) is 0 Å². The van der Waals surface area contributed by atoms with Crippen LogP contribution in [0.5, 0.6) is 5.88 Å². The van der Waals surface area contributed by atoms with Gasteiger partial charge in [-0.3, -0.25) is 0 Å². The fourth-order valence-electron chi connectivity index (χ4n) is 1.22. The van der Waals surface area contributed by atoms with Crippen molar-refractivity contribution in [1.82, 2.24) is 14.9 Å². The molecule has 0 amide bonds. The summed E-state index contributed by atoms with van der Waals surface area (Å²) >= 11 is 5.63. The van der Waals surface area contributed by atoms with E-state index < -0.39 is 0 Å². The van der Waals surface area contributed by atoms with Crippen molar-refractivity contribution < 1.29 is 4.74 Å². The molecule has 0 bridgehead atoms. The van der Waals surface area contributed by atoms with Crippen molar-refractivity contribution in [2.24, 2.45) is 0 Å². The highest BCUT2D eigenvalue weighted by Gasteiger charge is 2.00. The van der Waals surface area contributed by atoms with E-state index in [4.69, 9.17) is 16.3 Å². The van der Waals surface area contributed by atoms with Crippen LogP contribution in [0.3, 0.4) is 0 Å². The highest BCUT2D eigenvalue weighted by molar-refractivity contribution is 6.28. The number of ether oxygens (including phenoxy) is 1. The number of hydrogen-bond acceptors (Lipinski definition) is 4. The van der Waals surface area contributed by atoms with Crippen LogP contribution in [0, 0.1) is 0 Å². The van der Waals surface area contributed by atoms with Gasteiger partial charge in [0, 0.05) is 18.8 Å². The molecule has 5 heteroatoms. The fraction of sp³-hybridized carbons (Fsp3) is 0.600. The van der Waals surface area contributed by atoms with Gasteiger partial charge in [0.2, 0.25) is 11.2 Å². The molecule has 0 unspecified atom stereocenters. The molecule has 0 atom stereocenters. The first-order valence-electron chi connectivity index (χ1n) is 5.10. The summed E-state index contributed by atoms with van der Waals surface area (Å²) in [6, 6.07) is 1.70. The Kier molecular flexibility index (Phi) is 5.36. The number of halogens is 1. The monoisotopic (exact) mass is 229 g/mol. The molecule has 15 heavy (non-hydrogen) atoms. The van der Waals surface area contributed by atoms with Crippen LogP contribution in [0.4, 0.5) is 0 Å². The first-order valence-corrected chi connectivity index (χ1v) is 5.47. The van der Waals surface area contributed by atoms with E-state index in [1.54, 1.807) is 12.3 Å². The van der Waals surface area contributed by atoms with Crippen LogP contribution < -0.4 is 4.74 Å². The highest BCUT2D eigenvalue weighted by Crippen LogP contribution is 2.07. The molecule has 0 fully saturated rings. The molecule has 0 aliphatic heterocycles. The molecule has 84 valence electrons. The average molecular weight is 230 g/mol. The van der Waals surface area contributed by atoms with Gasteiger partial charge in [0.25, 0.3) is 0 Å². The number of nitrogens with zero attached hydrogens (tertiary/aromatic N) is 3. The molecule has 0 radical (unpaired) electrons. The standard InChI is InChI=1S/C10H16ClN3O/c1-3-14(4-2)7-8-15-9-5-6-12-10(11)13-9/h5-6H,3-4,7-8H2,1-2H3. The summed E-state index contributed by atoms with van der Waals surface area (Å²) in [5.41, 5.74) is 0. The van der Waals surface area contributed by atoms with Crippen LogP contribution in [0.1, 0.15) is 13.8 Å². The van der Waals surface area contributed by atoms with Crippen molar-refractivity contribution in [1.29, 1.82) is 0 Å². The molecule has 0 saturated carbocycles. The Hall–Kier alpha value is -0.870. The molecule has 0 spiro atoms. The molecule has 0 saturated heterocycles. The predicted molar refractivity (Wildman–Crippen MR) is 60.3 cm³/mol. The van der Waals surface area contributed by atoms with Gasteiger partial charge in [-0.25, -0.2) is 4.98 Å². The van der Waals surface area contributed by atoms with Gasteiger partial charge in [-0.2, -0.15) is 4.98 Å². The van der Waals surface area contributed by atoms with Crippen molar-refractivity contribution in [2.75, 3.05) is 26.2 Å². The Labute approximate surface area is 95.2 Å². The lowest BCUT2D eigenvalue weighted by molar-refractivity contribution is 0.218. The number of rotatable bonds is 6. The van der Waals surface area contributed by atoms with Crippen LogP contribution in [-0.2, 0) is 0 Å². The van der Waals surface area contributed by atoms with Crippen molar-refractivity contribution >= 4 is 11.6 Å². The van der Waals surface area contributed by atoms with Gasteiger partial charge >= 0.3 is 0 Å². The summed E-state index contributed by atoms with van der Waals surface area (Å²) in [6.45, 7) is 7.84. The van der Waals surface area contributed by atoms with Crippen LogP contribution >= 0.6 is 11.6 Å². The third-order valence-corrected chi connectivity index (χ3v) is 2.33. The second kappa shape index (κ2) is 6.58. The van der Waals surface area contributed by atoms with Crippen LogP contribution in [0.2, 0.25) is 5.28 Å². The lowest BCUT2D eigenvalue weighted by atomic mass is 10.5. The van der Waals surface area contributed by atoms with Crippen molar-refractivity contribution in [3.05, 3.63) is 17.5 Å². The Bertz CT molecular complexity index is 292. The fourth-order valence-corrected chi connectivity index (χ4v) is 1.36. The lowest BCUT2D eigenvalue weighted by Gasteiger charge is -2.17. The van der Waals surface area contributed by atoms with Crippen LogP contribution in [0.15, 0.2) is 12.3 Å². The van der Waals surface area contributed by atoms with E-state index in [-0.39, 0.29) is 5.28 Å². The van der Waals surface area contributed by atoms with E-state index in [2.05, 4.69) is 28.7 Å². The third kappa shape index (κ3) is 4.44. The summed E-state index contributed by atoms with van der Waals surface area (Å²) in [6.07, 6.45) is 1.59. The molecule has 0 N–H and O–H groups in total. The van der Waals surface area contributed by atoms with Gasteiger partial charge in [-0.05, 0) is 24.7 Å². The van der Waals surface area contributed by atoms with Gasteiger partial charge in [-0.15, -0.1) is 0 Å². The van der Waals surface area contributed by atoms with E-state index in [0.29, 0.717) is 12.5 Å². The second-order valence-corrected chi connectivity index (χ2v) is 3.38. The maximum absolute atomic E-state index is 5.63. The summed E-state index contributed by atoms with van der Waals surface area (Å²) in [5, 5.41) is 0.218. The van der Waals surface area contributed by atoms with E-state index in [1.165, 1.54) is 0 Å². The quantitative estimate of drug-likeness (QED) is 0.698. The zero-order valence-electron chi connectivity index (χ0n) is 9.11. The normalized spacial score (nSPS) is 10.7. The summed E-state index contributed by atoms with van der Waals surface area (Å²) in [4.78, 5) is 10.00. The third-order valence-electron chi connectivity index (χ3n) is 2.15. The van der Waals surface area contributed by atoms with Gasteiger partial charge in [0.1, 0.15) is 6.61 Å². The van der Waals surface area contributed by atoms with E-state index in [1.807, 2.05) is 0 Å². The molecule has 0 aliphatic rings. The number of aromatic nitrogens is 2. The molecule has 1 rings (SSSR count). The SMILES string of the molecule is CCN(CC)CCOc1ccnc(Cl)n1. The number of hydrogen-bond donors (Lipinski definition) is 0. The minimum absolute atomic E-state index is 0.218. The first kappa shape index (κ1) is 12.2. The summed E-state index contributed by atoms with van der Waals surface area (Å²) in [7, 11) is 0. The molecule has 4 nitrogen and oxygen atoms in total. The largest absolute Gasteiger partial charge is 0.476 e. The molecule has 0 aliphatic carbocycles. The van der Waals surface area contributed by atoms with Crippen LogP contribution in [0.25, 0.3) is 0 Å². The Morgan fingerprint density at radius 1 is 1.40 bits per heavy atom. The maximum Gasteiger partial charge on any atom is 0.225 e. The molecular weight excluding hydrogens is 214 g/mol. The van der Waals surface area contributed by atoms with Crippen molar-refractivity contribution in [2.45, 2.75) is 13.8 Å². The zero-order chi connectivity index (χ0) is 11.1. The molecule has 0 aromatic carbocycles. The Morgan fingerprint density at radius 2 is 2.13 bits per heavy atom. The van der Waals surface area contributed by atoms with E-state index in [0.717, 1.165) is 19.6 Å². The smallest absolute Gasteiger partial charge is 0.225 e. The van der Waals surface area contributed by atoms with Gasteiger partial charge < -0.3 is 9.64 Å². The molecule has 1 heterocycles. The van der Waals surface area contributed by atoms with E-state index in [9.17, 15) is 0 Å². The minimum Gasteiger partial charge on any atom is -0.476 e. The topological polar surface area (TPSA) is 38.2 Å². The van der Waals surface area contributed by atoms with Crippen LogP contribution in [-0.4, -0.2) is 41.1 Å². The average Bonchev–Trinajstić information content (AvgIpc) is 2.25. The molecular formula is C10H16ClN3O. The highest BCUT2D eigenvalue weighted by atomic mass is 35.5. The Morgan fingerprint density at radius 3 is 2.73 bits per heavy atom. The number of likely N-dealkylation sites (N-methyl/N-ethyl adjacent to an activating group) is 1. The molecule has 1 aromatic heterocycles. The lowest BCUT2D eigenvalue weighted by Crippen LogP contribution is -2.28. The van der Waals surface area contributed by atoms with Gasteiger partial charge in [0.05, 0.1) is 0 Å². The minimum atomic E-state index is 0.218. The van der Waals surface area contributed by atoms with Gasteiger partial charge in [0.15, 0.2) is 0 Å². The van der Waals surface area contributed by atoms with Gasteiger partial charge in [-0.1, -0.05) is 13.8 Å². The molecule has 1 aromatic rings. The maximum atomic E-state index is 5.63. The second-order valence-electron chi connectivity index (χ2n) is 3.04. The first-order chi connectivity index (χ1) is 7.26. The Balaban J connectivity index is 2.31. The van der Waals surface area contributed by atoms with E-state index >= 15 is 0 Å². The summed E-state index contributed by atoms with van der Waals surface area (Å²) in [5.74, 6) is 0.530. The zero-order valence-corrected chi connectivity index (χ0v) is 9.87. The predicted octanol–water partition coefficient (Wildman–Crippen LogP) is 1.85.